The first-order valence-corrected chi connectivity index (χ1v) is 41.3. The maximum atomic E-state index is 15.5. The second-order valence-electron chi connectivity index (χ2n) is 31.4. The number of fused-ring (bicyclic) bond motifs is 3. The summed E-state index contributed by atoms with van der Waals surface area (Å²) in [7, 11) is 0. The first-order valence-electron chi connectivity index (χ1n) is 41.0. The van der Waals surface area contributed by atoms with Gasteiger partial charge in [0, 0.05) is 98.1 Å². The Morgan fingerprint density at radius 3 is 1.74 bits per heavy atom. The van der Waals surface area contributed by atoms with Gasteiger partial charge in [-0.15, -0.1) is 0 Å². The number of carbonyl (C=O) groups excluding carboxylic acids is 12. The third kappa shape index (κ3) is 28.2. The number of aromatic nitrogens is 4. The number of para-hydroxylation sites is 1. The SMILES string of the molecule is CC(=O)N[C@H](Cc1ccc2oc3ccccc3c2c1)C(=O)N[C@H](Cc1ccc(Cl)cc1)C(=O)N[C@H](Cc1cccnc1)C(=O)N[C@@H](CO)C(=O)N[C@@H](CC1CCC(NC(=O)c2cnccn2)CC1)C(=O)N[C@H](CCCCNC(=O)c1ccccn1)C(=O)N[C@@H](CC(C)C)C(=O)N[C@@H](CCCCNC(C)C)C(=O)N1CCC[C@H]1C(=O)N[C@H](C)C(=O)O. The zero-order valence-corrected chi connectivity index (χ0v) is 69.1. The van der Waals surface area contributed by atoms with Gasteiger partial charge >= 0.3 is 5.97 Å². The monoisotopic (exact) mass is 1670 g/mol. The van der Waals surface area contributed by atoms with Gasteiger partial charge in [0.05, 0.1) is 12.8 Å². The summed E-state index contributed by atoms with van der Waals surface area (Å²) in [4.78, 5) is 203. The Hall–Kier alpha value is -11.8. The number of aliphatic hydroxyl groups is 1. The van der Waals surface area contributed by atoms with Crippen molar-refractivity contribution in [1.82, 2.24) is 88.6 Å². The largest absolute Gasteiger partial charge is 0.480 e. The van der Waals surface area contributed by atoms with Crippen LogP contribution in [0.1, 0.15) is 169 Å². The van der Waals surface area contributed by atoms with Gasteiger partial charge in [-0.1, -0.05) is 87.8 Å². The Kier molecular flexibility index (Phi) is 35.2. The third-order valence-corrected chi connectivity index (χ3v) is 21.3. The van der Waals surface area contributed by atoms with Crippen molar-refractivity contribution in [2.45, 2.75) is 223 Å². The van der Waals surface area contributed by atoms with Gasteiger partial charge in [-0.05, 0) is 180 Å². The van der Waals surface area contributed by atoms with Crippen molar-refractivity contribution in [3.63, 3.8) is 0 Å². The van der Waals surface area contributed by atoms with E-state index in [4.69, 9.17) is 16.0 Å². The molecule has 10 atom stereocenters. The maximum Gasteiger partial charge on any atom is 0.325 e. The van der Waals surface area contributed by atoms with Crippen LogP contribution in [0.2, 0.25) is 5.02 Å². The quantitative estimate of drug-likeness (QED) is 0.0234. The Labute approximate surface area is 701 Å². The number of unbranched alkanes of at least 4 members (excludes halogenated alkanes) is 2. The number of nitrogens with zero attached hydrogens (tertiary/aromatic N) is 5. The summed E-state index contributed by atoms with van der Waals surface area (Å²) in [6.45, 7) is 9.92. The molecule has 2 fully saturated rings. The highest BCUT2D eigenvalue weighted by Gasteiger charge is 2.41. The molecule has 14 N–H and O–H groups in total. The molecule has 7 aromatic rings. The van der Waals surface area contributed by atoms with Crippen LogP contribution < -0.4 is 63.8 Å². The number of likely N-dealkylation sites (tertiary alicyclic amines) is 1. The van der Waals surface area contributed by atoms with Crippen LogP contribution in [0.3, 0.4) is 0 Å². The lowest BCUT2D eigenvalue weighted by molar-refractivity contribution is -0.144. The zero-order chi connectivity index (χ0) is 86.4. The Morgan fingerprint density at radius 1 is 0.517 bits per heavy atom. The van der Waals surface area contributed by atoms with Crippen molar-refractivity contribution in [2.24, 2.45) is 11.8 Å². The van der Waals surface area contributed by atoms with Crippen LogP contribution >= 0.6 is 11.6 Å². The zero-order valence-electron chi connectivity index (χ0n) is 68.4. The molecule has 5 heterocycles. The third-order valence-electron chi connectivity index (χ3n) is 21.1. The van der Waals surface area contributed by atoms with E-state index in [-0.39, 0.29) is 113 Å². The van der Waals surface area contributed by atoms with Crippen LogP contribution in [0.25, 0.3) is 21.9 Å². The van der Waals surface area contributed by atoms with Crippen LogP contribution in [0, 0.1) is 11.8 Å². The lowest BCUT2D eigenvalue weighted by Gasteiger charge is -2.32. The van der Waals surface area contributed by atoms with E-state index < -0.39 is 144 Å². The second-order valence-corrected chi connectivity index (χ2v) is 31.8. The van der Waals surface area contributed by atoms with Gasteiger partial charge in [-0.25, -0.2) is 4.98 Å². The fraction of sp³-hybridized carbons (Fsp3) is 0.477. The van der Waals surface area contributed by atoms with E-state index in [9.17, 15) is 48.6 Å². The minimum absolute atomic E-state index is 0.0192. The molecule has 1 aliphatic carbocycles. The molecule has 642 valence electrons. The van der Waals surface area contributed by atoms with Crippen LogP contribution in [0.5, 0.6) is 0 Å². The number of benzene rings is 3. The Bertz CT molecular complexity index is 4650. The molecule has 1 aliphatic heterocycles. The molecule has 1 saturated carbocycles. The number of carbonyl (C=O) groups is 13. The number of rotatable bonds is 44. The van der Waals surface area contributed by atoms with Crippen LogP contribution in [0.15, 0.2) is 139 Å². The van der Waals surface area contributed by atoms with Crippen LogP contribution in [-0.4, -0.2) is 211 Å². The number of carboxylic acid groups (broad SMARTS) is 1. The number of amides is 12. The highest BCUT2D eigenvalue weighted by molar-refractivity contribution is 6.30. The van der Waals surface area contributed by atoms with E-state index in [0.29, 0.717) is 84.4 Å². The molecule has 0 radical (unpaired) electrons. The van der Waals surface area contributed by atoms with Crippen molar-refractivity contribution >= 4 is 110 Å². The summed E-state index contributed by atoms with van der Waals surface area (Å²) in [5.41, 5.74) is 3.14. The molecule has 0 unspecified atom stereocenters. The minimum Gasteiger partial charge on any atom is -0.480 e. The van der Waals surface area contributed by atoms with E-state index in [2.05, 4.69) is 83.7 Å². The maximum absolute atomic E-state index is 15.5. The van der Waals surface area contributed by atoms with Crippen molar-refractivity contribution < 1.29 is 77.0 Å². The molecular weight excluding hydrogens is 1560 g/mol. The first kappa shape index (κ1) is 92.0. The summed E-state index contributed by atoms with van der Waals surface area (Å²) in [6, 6.07) is 13.3. The number of nitrogens with one attached hydrogen (secondary N) is 12. The molecular formula is C86H110ClN17O16. The highest BCUT2D eigenvalue weighted by atomic mass is 35.5. The van der Waals surface area contributed by atoms with Gasteiger partial charge in [0.25, 0.3) is 11.8 Å². The summed E-state index contributed by atoms with van der Waals surface area (Å²) in [5, 5.41) is 56.6. The number of hydrogen-bond acceptors (Lipinski definition) is 20. The summed E-state index contributed by atoms with van der Waals surface area (Å²) in [6.07, 6.45) is 11.8. The van der Waals surface area contributed by atoms with E-state index in [1.807, 2.05) is 58.0 Å². The van der Waals surface area contributed by atoms with Crippen LogP contribution in [0.4, 0.5) is 0 Å². The topological polar surface area (TPSA) is 475 Å². The number of aliphatic carboxylic acids is 1. The van der Waals surface area contributed by atoms with E-state index >= 15 is 24.0 Å². The van der Waals surface area contributed by atoms with Crippen molar-refractivity contribution in [2.75, 3.05) is 26.2 Å². The summed E-state index contributed by atoms with van der Waals surface area (Å²) in [5.74, 6) is -10.8. The fourth-order valence-corrected chi connectivity index (χ4v) is 14.9. The average Bonchev–Trinajstić information content (AvgIpc) is 1.63. The van der Waals surface area contributed by atoms with Crippen LogP contribution in [-0.2, 0) is 72.0 Å². The first-order chi connectivity index (χ1) is 57.6. The number of aliphatic hydroxyl groups excluding tert-OH is 1. The molecule has 1 saturated heterocycles. The molecule has 0 spiro atoms. The van der Waals surface area contributed by atoms with Crippen molar-refractivity contribution in [3.8, 4) is 0 Å². The van der Waals surface area contributed by atoms with E-state index in [1.165, 1.54) is 62.0 Å². The number of furan rings is 1. The van der Waals surface area contributed by atoms with Gasteiger partial charge in [0.15, 0.2) is 0 Å². The van der Waals surface area contributed by atoms with Gasteiger partial charge in [-0.3, -0.25) is 77.3 Å². The number of carboxylic acids is 1. The highest BCUT2D eigenvalue weighted by Crippen LogP contribution is 2.31. The summed E-state index contributed by atoms with van der Waals surface area (Å²) < 4.78 is 6.03. The minimum atomic E-state index is -1.84. The molecule has 33 nitrogen and oxygen atoms in total. The normalized spacial score (nSPS) is 16.8. The standard InChI is InChI=1S/C86H110ClN17O16/c1-50(2)41-65(77(109)98-64(21-11-12-35-90-51(3)4)85(117)104-40-16-22-72(104)84(116)94-52(5)86(118)119)99-76(108)63(20-10-14-37-93-75(107)62-19-9-13-36-91-62)97-79(111)67(44-55-26-31-59(32-27-55)96-82(114)70-48-89-38-39-92-70)102-83(115)71(49-105)103-81(113)69(46-57-17-15-34-88-47-57)101-80(112)68(43-54-24-29-58(87)30-25-54)100-78(110)66(95-53(6)106)45-56-28-33-74-61(42-56)60-18-7-8-23-73(60)120-74/h7-9,13,15,17-19,23-25,28-30,33-34,36,38-39,42,47-48,50-52,55,59,63-69,71-72,90,105H,10-12,14,16,20-22,26-27,31-32,35,37,40-41,43-46,49H2,1-6H3,(H,93,107)(H,94,116)(H,95,106)(H,96,114)(H,97,111)(H,98,109)(H,99,108)(H,100,110)(H,101,112)(H,102,115)(H,103,113)(H,118,119)/t52-,55?,59?,63-,64+,65+,66-,67+,68-,69-,71+,72+/m1/s1. The molecule has 2 aliphatic rings. The molecule has 34 heteroatoms. The predicted octanol–water partition coefficient (Wildman–Crippen LogP) is 4.51. The van der Waals surface area contributed by atoms with Gasteiger partial charge in [-0.2, -0.15) is 0 Å². The molecule has 3 aromatic carbocycles. The Morgan fingerprint density at radius 2 is 1.09 bits per heavy atom. The van der Waals surface area contributed by atoms with E-state index in [0.717, 1.165) is 10.8 Å². The van der Waals surface area contributed by atoms with E-state index in [1.54, 1.807) is 60.7 Å². The Balaban J connectivity index is 0.978. The fourth-order valence-electron chi connectivity index (χ4n) is 14.7. The second kappa shape index (κ2) is 45.9. The lowest BCUT2D eigenvalue weighted by Crippen LogP contribution is -2.61. The molecule has 0 bridgehead atoms. The summed E-state index contributed by atoms with van der Waals surface area (Å²) >= 11 is 6.30. The number of hydrogen-bond donors (Lipinski definition) is 14. The van der Waals surface area contributed by atoms with Crippen molar-refractivity contribution in [1.29, 1.82) is 0 Å². The van der Waals surface area contributed by atoms with Crippen molar-refractivity contribution in [3.05, 3.63) is 167 Å². The molecule has 9 rings (SSSR count). The number of pyridine rings is 2. The number of halogens is 1. The average molecular weight is 1670 g/mol. The molecule has 12 amide bonds. The van der Waals surface area contributed by atoms with Gasteiger partial charge < -0.3 is 83.3 Å². The lowest BCUT2D eigenvalue weighted by atomic mass is 9.82. The predicted molar refractivity (Wildman–Crippen MR) is 445 cm³/mol. The molecule has 120 heavy (non-hydrogen) atoms. The van der Waals surface area contributed by atoms with Gasteiger partial charge in [0.1, 0.15) is 83.0 Å². The van der Waals surface area contributed by atoms with Gasteiger partial charge in [0.2, 0.25) is 59.1 Å². The molecule has 4 aromatic heterocycles. The smallest absolute Gasteiger partial charge is 0.325 e.